The maximum atomic E-state index is 11.9. The van der Waals surface area contributed by atoms with Crippen LogP contribution in [-0.2, 0) is 15.7 Å². The molecule has 23 heavy (non-hydrogen) atoms. The normalized spacial score (nSPS) is 22.6. The van der Waals surface area contributed by atoms with Crippen LogP contribution in [0.3, 0.4) is 0 Å². The fourth-order valence-corrected chi connectivity index (χ4v) is 2.98. The van der Waals surface area contributed by atoms with Crippen LogP contribution in [0, 0.1) is 0 Å². The Kier molecular flexibility index (Phi) is 3.99. The molecular formula is C18H24BNO3. The third-order valence-electron chi connectivity index (χ3n) is 5.20. The summed E-state index contributed by atoms with van der Waals surface area (Å²) in [5.74, 6) is 0.222. The first-order valence-electron chi connectivity index (χ1n) is 8.16. The minimum atomic E-state index is -0.450. The second-order valence-corrected chi connectivity index (χ2v) is 7.35. The van der Waals surface area contributed by atoms with Crippen molar-refractivity contribution in [1.29, 1.82) is 0 Å². The van der Waals surface area contributed by atoms with Crippen LogP contribution in [0.25, 0.3) is 6.08 Å². The zero-order valence-electron chi connectivity index (χ0n) is 14.3. The number of aryl methyl sites for hydroxylation is 1. The highest BCUT2D eigenvalue weighted by atomic mass is 16.7. The molecule has 0 amide bonds. The monoisotopic (exact) mass is 313 g/mol. The third-order valence-corrected chi connectivity index (χ3v) is 5.20. The van der Waals surface area contributed by atoms with Gasteiger partial charge in [-0.15, -0.1) is 0 Å². The number of fused-ring (bicyclic) bond motifs is 1. The van der Waals surface area contributed by atoms with Crippen LogP contribution in [0.4, 0.5) is 0 Å². The highest BCUT2D eigenvalue weighted by Crippen LogP contribution is 2.38. The molecule has 0 bridgehead atoms. The van der Waals surface area contributed by atoms with E-state index in [0.29, 0.717) is 13.0 Å². The fraction of sp³-hybridized carbons (Fsp3) is 0.500. The van der Waals surface area contributed by atoms with E-state index >= 15 is 0 Å². The fourth-order valence-electron chi connectivity index (χ4n) is 2.98. The topological polar surface area (TPSA) is 61.5 Å². The van der Waals surface area contributed by atoms with Gasteiger partial charge in [-0.1, -0.05) is 18.2 Å². The first-order valence-corrected chi connectivity index (χ1v) is 8.16. The van der Waals surface area contributed by atoms with Crippen LogP contribution < -0.4 is 5.73 Å². The maximum absolute atomic E-state index is 11.9. The van der Waals surface area contributed by atoms with Crippen LogP contribution in [0.5, 0.6) is 0 Å². The van der Waals surface area contributed by atoms with Crippen LogP contribution >= 0.6 is 0 Å². The second kappa shape index (κ2) is 5.58. The lowest BCUT2D eigenvalue weighted by Crippen LogP contribution is -2.41. The molecule has 2 aliphatic rings. The molecular weight excluding hydrogens is 289 g/mol. The standard InChI is InChI=1S/C18H24BNO3/c1-17(2)18(3,4)23-19(22-17)14(11-20)9-12-5-6-13-7-8-16(21)15(13)10-12/h5-6,9-10H,7-8,11,20H2,1-4H3. The van der Waals surface area contributed by atoms with Crippen molar-refractivity contribution in [1.82, 2.24) is 0 Å². The summed E-state index contributed by atoms with van der Waals surface area (Å²) >= 11 is 0. The number of carbonyl (C=O) groups excluding carboxylic acids is 1. The van der Waals surface area contributed by atoms with E-state index in [4.69, 9.17) is 15.0 Å². The molecule has 1 fully saturated rings. The molecule has 1 heterocycles. The molecule has 122 valence electrons. The van der Waals surface area contributed by atoms with Gasteiger partial charge in [0.05, 0.1) is 11.2 Å². The zero-order chi connectivity index (χ0) is 16.8. The molecule has 1 aliphatic heterocycles. The van der Waals surface area contributed by atoms with Crippen molar-refractivity contribution < 1.29 is 14.1 Å². The SMILES string of the molecule is CC1(C)OB(C(=Cc2ccc3c(c2)C(=O)CC3)CN)OC1(C)C. The Hall–Kier alpha value is -1.43. The Morgan fingerprint density at radius 1 is 1.22 bits per heavy atom. The lowest BCUT2D eigenvalue weighted by molar-refractivity contribution is 0.00578. The van der Waals surface area contributed by atoms with Crippen molar-refractivity contribution in [3.63, 3.8) is 0 Å². The van der Waals surface area contributed by atoms with E-state index in [1.165, 1.54) is 0 Å². The van der Waals surface area contributed by atoms with Crippen LogP contribution in [0.1, 0.15) is 55.6 Å². The van der Waals surface area contributed by atoms with Gasteiger partial charge in [-0.25, -0.2) is 0 Å². The molecule has 3 rings (SSSR count). The summed E-state index contributed by atoms with van der Waals surface area (Å²) in [6.07, 6.45) is 3.44. The van der Waals surface area contributed by atoms with Crippen molar-refractivity contribution in [2.24, 2.45) is 5.73 Å². The number of carbonyl (C=O) groups is 1. The predicted molar refractivity (Wildman–Crippen MR) is 92.2 cm³/mol. The lowest BCUT2D eigenvalue weighted by atomic mass is 9.77. The number of rotatable bonds is 3. The van der Waals surface area contributed by atoms with Gasteiger partial charge >= 0.3 is 7.12 Å². The van der Waals surface area contributed by atoms with Crippen molar-refractivity contribution in [2.75, 3.05) is 6.54 Å². The van der Waals surface area contributed by atoms with Crippen molar-refractivity contribution in [3.8, 4) is 0 Å². The van der Waals surface area contributed by atoms with Crippen LogP contribution in [0.15, 0.2) is 23.7 Å². The average Bonchev–Trinajstić information content (AvgIpc) is 2.94. The molecule has 0 atom stereocenters. The van der Waals surface area contributed by atoms with Gasteiger partial charge in [0.15, 0.2) is 5.78 Å². The molecule has 0 saturated carbocycles. The molecule has 1 aromatic carbocycles. The van der Waals surface area contributed by atoms with Gasteiger partial charge in [-0.3, -0.25) is 4.79 Å². The number of ketones is 1. The Balaban J connectivity index is 1.89. The van der Waals surface area contributed by atoms with Gasteiger partial charge in [0.2, 0.25) is 0 Å². The smallest absolute Gasteiger partial charge is 0.400 e. The molecule has 1 aromatic rings. The molecule has 1 saturated heterocycles. The maximum Gasteiger partial charge on any atom is 0.491 e. The highest BCUT2D eigenvalue weighted by Gasteiger charge is 2.52. The number of benzene rings is 1. The van der Waals surface area contributed by atoms with E-state index in [-0.39, 0.29) is 17.0 Å². The summed E-state index contributed by atoms with van der Waals surface area (Å²) in [4.78, 5) is 11.9. The first-order chi connectivity index (χ1) is 10.7. The molecule has 1 aliphatic carbocycles. The lowest BCUT2D eigenvalue weighted by Gasteiger charge is -2.32. The second-order valence-electron chi connectivity index (χ2n) is 7.35. The van der Waals surface area contributed by atoms with E-state index in [1.807, 2.05) is 52.0 Å². The predicted octanol–water partition coefficient (Wildman–Crippen LogP) is 2.79. The number of Topliss-reactive ketones (excluding diaryl/α,β-unsaturated/α-hetero) is 1. The number of hydrogen-bond acceptors (Lipinski definition) is 4. The third kappa shape index (κ3) is 2.89. The molecule has 0 aromatic heterocycles. The van der Waals surface area contributed by atoms with E-state index in [0.717, 1.165) is 28.6 Å². The molecule has 0 unspecified atom stereocenters. The molecule has 4 nitrogen and oxygen atoms in total. The minimum Gasteiger partial charge on any atom is -0.400 e. The van der Waals surface area contributed by atoms with Crippen molar-refractivity contribution in [3.05, 3.63) is 40.4 Å². The Bertz CT molecular complexity index is 663. The zero-order valence-corrected chi connectivity index (χ0v) is 14.3. The summed E-state index contributed by atoms with van der Waals surface area (Å²) in [7, 11) is -0.450. The first kappa shape index (κ1) is 16.4. The average molecular weight is 313 g/mol. The molecule has 5 heteroatoms. The quantitative estimate of drug-likeness (QED) is 0.872. The summed E-state index contributed by atoms with van der Waals surface area (Å²) in [6.45, 7) is 8.44. The summed E-state index contributed by atoms with van der Waals surface area (Å²) in [6, 6.07) is 6.01. The molecule has 2 N–H and O–H groups in total. The van der Waals surface area contributed by atoms with E-state index in [2.05, 4.69) is 0 Å². The molecule has 0 spiro atoms. The van der Waals surface area contributed by atoms with E-state index < -0.39 is 7.12 Å². The van der Waals surface area contributed by atoms with Gasteiger partial charge in [-0.2, -0.15) is 0 Å². The van der Waals surface area contributed by atoms with E-state index in [9.17, 15) is 4.79 Å². The number of hydrogen-bond donors (Lipinski definition) is 1. The summed E-state index contributed by atoms with van der Waals surface area (Å²) in [5.41, 5.74) is 8.97. The largest absolute Gasteiger partial charge is 0.491 e. The van der Waals surface area contributed by atoms with E-state index in [1.54, 1.807) is 0 Å². The Morgan fingerprint density at radius 2 is 1.87 bits per heavy atom. The van der Waals surface area contributed by atoms with Gasteiger partial charge in [-0.05, 0) is 56.8 Å². The van der Waals surface area contributed by atoms with Crippen molar-refractivity contribution >= 4 is 19.0 Å². The molecule has 0 radical (unpaired) electrons. The Morgan fingerprint density at radius 3 is 2.48 bits per heavy atom. The summed E-state index contributed by atoms with van der Waals surface area (Å²) < 4.78 is 12.1. The van der Waals surface area contributed by atoms with Gasteiger partial charge in [0.25, 0.3) is 0 Å². The minimum absolute atomic E-state index is 0.222. The Labute approximate surface area is 138 Å². The van der Waals surface area contributed by atoms with Gasteiger partial charge in [0.1, 0.15) is 0 Å². The number of nitrogens with two attached hydrogens (primary N) is 1. The van der Waals surface area contributed by atoms with Gasteiger partial charge in [0, 0.05) is 18.5 Å². The van der Waals surface area contributed by atoms with Crippen LogP contribution in [0.2, 0.25) is 0 Å². The van der Waals surface area contributed by atoms with Gasteiger partial charge < -0.3 is 15.0 Å². The highest BCUT2D eigenvalue weighted by molar-refractivity contribution is 6.55. The summed E-state index contributed by atoms with van der Waals surface area (Å²) in [5, 5.41) is 0. The van der Waals surface area contributed by atoms with Crippen LogP contribution in [-0.4, -0.2) is 30.6 Å². The van der Waals surface area contributed by atoms with Crippen molar-refractivity contribution in [2.45, 2.75) is 51.7 Å².